The van der Waals surface area contributed by atoms with E-state index >= 15 is 0 Å². The van der Waals surface area contributed by atoms with Gasteiger partial charge in [-0.1, -0.05) is 54.2 Å². The molecule has 1 aliphatic rings. The highest BCUT2D eigenvalue weighted by atomic mass is 32.2. The van der Waals surface area contributed by atoms with Crippen LogP contribution in [0.25, 0.3) is 0 Å². The van der Waals surface area contributed by atoms with Crippen LogP contribution in [0.1, 0.15) is 29.7 Å². The number of aromatic nitrogens is 3. The second kappa shape index (κ2) is 10.5. The molecule has 1 unspecified atom stereocenters. The standard InChI is InChI=1S/C28H26FN5O2S/c1-17-7-4-5-10-23(17)31-26(35)24-18(2)30-27-32-28(37-16-19-8-6-9-22(15-19)36-3)33-34(27)25(24)20-11-13-21(29)14-12-20/h4-15,25H,16H2,1-3H3,(H,31,35)(H,30,32,33). The molecule has 0 spiro atoms. The van der Waals surface area contributed by atoms with Gasteiger partial charge in [-0.25, -0.2) is 9.07 Å². The Morgan fingerprint density at radius 2 is 1.89 bits per heavy atom. The normalized spacial score (nSPS) is 14.6. The number of amides is 1. The Kier molecular flexibility index (Phi) is 6.96. The molecule has 0 saturated carbocycles. The number of para-hydroxylation sites is 1. The highest BCUT2D eigenvalue weighted by Crippen LogP contribution is 2.37. The summed E-state index contributed by atoms with van der Waals surface area (Å²) in [5.74, 6) is 1.34. The number of thioether (sulfide) groups is 1. The average molecular weight is 516 g/mol. The van der Waals surface area contributed by atoms with E-state index in [1.807, 2.05) is 62.4 Å². The van der Waals surface area contributed by atoms with Crippen LogP contribution in [0.4, 0.5) is 16.0 Å². The molecule has 188 valence electrons. The number of benzene rings is 3. The van der Waals surface area contributed by atoms with E-state index in [9.17, 15) is 9.18 Å². The third-order valence-corrected chi connectivity index (χ3v) is 7.07. The predicted octanol–water partition coefficient (Wildman–Crippen LogP) is 5.95. The summed E-state index contributed by atoms with van der Waals surface area (Å²) in [6, 6.07) is 21.0. The van der Waals surface area contributed by atoms with Gasteiger partial charge in [0.15, 0.2) is 0 Å². The fourth-order valence-electron chi connectivity index (χ4n) is 4.25. The molecule has 2 N–H and O–H groups in total. The van der Waals surface area contributed by atoms with Gasteiger partial charge in [0.1, 0.15) is 17.6 Å². The van der Waals surface area contributed by atoms with Crippen molar-refractivity contribution < 1.29 is 13.9 Å². The van der Waals surface area contributed by atoms with Gasteiger partial charge in [0.2, 0.25) is 11.1 Å². The maximum atomic E-state index is 13.8. The molecular weight excluding hydrogens is 489 g/mol. The number of carbonyl (C=O) groups excluding carboxylic acids is 1. The van der Waals surface area contributed by atoms with Gasteiger partial charge in [-0.3, -0.25) is 4.79 Å². The number of hydrogen-bond acceptors (Lipinski definition) is 6. The largest absolute Gasteiger partial charge is 0.497 e. The zero-order valence-electron chi connectivity index (χ0n) is 20.7. The monoisotopic (exact) mass is 515 g/mol. The third kappa shape index (κ3) is 5.22. The lowest BCUT2D eigenvalue weighted by Gasteiger charge is -2.28. The second-order valence-corrected chi connectivity index (χ2v) is 9.63. The predicted molar refractivity (Wildman–Crippen MR) is 143 cm³/mol. The Balaban J connectivity index is 1.48. The first-order valence-corrected chi connectivity index (χ1v) is 12.7. The molecule has 1 amide bonds. The van der Waals surface area contributed by atoms with Crippen LogP contribution in [0.15, 0.2) is 89.2 Å². The first-order chi connectivity index (χ1) is 17.9. The minimum atomic E-state index is -0.584. The van der Waals surface area contributed by atoms with E-state index in [1.54, 1.807) is 23.9 Å². The molecule has 4 aromatic rings. The van der Waals surface area contributed by atoms with Crippen molar-refractivity contribution in [2.75, 3.05) is 17.7 Å². The van der Waals surface area contributed by atoms with Crippen molar-refractivity contribution in [3.63, 3.8) is 0 Å². The van der Waals surface area contributed by atoms with Crippen molar-refractivity contribution in [1.82, 2.24) is 14.8 Å². The number of ether oxygens (including phenoxy) is 1. The summed E-state index contributed by atoms with van der Waals surface area (Å²) in [4.78, 5) is 18.3. The zero-order valence-corrected chi connectivity index (χ0v) is 21.5. The number of fused-ring (bicyclic) bond motifs is 1. The van der Waals surface area contributed by atoms with E-state index in [0.717, 1.165) is 28.1 Å². The molecule has 1 aromatic heterocycles. The molecule has 37 heavy (non-hydrogen) atoms. The van der Waals surface area contributed by atoms with Crippen molar-refractivity contribution in [3.05, 3.63) is 107 Å². The molecule has 7 nitrogen and oxygen atoms in total. The molecule has 0 saturated heterocycles. The Hall–Kier alpha value is -4.11. The Morgan fingerprint density at radius 3 is 2.65 bits per heavy atom. The summed E-state index contributed by atoms with van der Waals surface area (Å²) in [6.07, 6.45) is 0. The van der Waals surface area contributed by atoms with Crippen LogP contribution in [0.5, 0.6) is 5.75 Å². The minimum absolute atomic E-state index is 0.264. The summed E-state index contributed by atoms with van der Waals surface area (Å²) < 4.78 is 20.8. The van der Waals surface area contributed by atoms with E-state index in [1.165, 1.54) is 23.9 Å². The van der Waals surface area contributed by atoms with Gasteiger partial charge in [0.05, 0.1) is 12.7 Å². The Morgan fingerprint density at radius 1 is 1.11 bits per heavy atom. The quantitative estimate of drug-likeness (QED) is 0.296. The molecule has 9 heteroatoms. The van der Waals surface area contributed by atoms with Crippen molar-refractivity contribution >= 4 is 29.3 Å². The molecule has 1 atom stereocenters. The molecule has 2 heterocycles. The highest BCUT2D eigenvalue weighted by molar-refractivity contribution is 7.98. The van der Waals surface area contributed by atoms with Crippen LogP contribution in [-0.2, 0) is 10.5 Å². The summed E-state index contributed by atoms with van der Waals surface area (Å²) in [7, 11) is 1.64. The smallest absolute Gasteiger partial charge is 0.255 e. The molecule has 0 fully saturated rings. The molecule has 0 aliphatic carbocycles. The van der Waals surface area contributed by atoms with E-state index < -0.39 is 6.04 Å². The topological polar surface area (TPSA) is 81.1 Å². The molecule has 3 aromatic carbocycles. The lowest BCUT2D eigenvalue weighted by atomic mass is 9.95. The van der Waals surface area contributed by atoms with Gasteiger partial charge in [-0.05, 0) is 60.9 Å². The number of methoxy groups -OCH3 is 1. The van der Waals surface area contributed by atoms with E-state index in [-0.39, 0.29) is 11.7 Å². The van der Waals surface area contributed by atoms with Crippen LogP contribution in [0, 0.1) is 12.7 Å². The van der Waals surface area contributed by atoms with Gasteiger partial charge in [0, 0.05) is 17.1 Å². The number of carbonyl (C=O) groups is 1. The van der Waals surface area contributed by atoms with Gasteiger partial charge >= 0.3 is 0 Å². The molecule has 1 aliphatic heterocycles. The fraction of sp³-hybridized carbons (Fsp3) is 0.179. The number of nitrogens with one attached hydrogen (secondary N) is 2. The first-order valence-electron chi connectivity index (χ1n) is 11.8. The van der Waals surface area contributed by atoms with Crippen LogP contribution in [-0.4, -0.2) is 27.8 Å². The van der Waals surface area contributed by atoms with Gasteiger partial charge in [-0.15, -0.1) is 5.10 Å². The lowest BCUT2D eigenvalue weighted by Crippen LogP contribution is -2.31. The van der Waals surface area contributed by atoms with Crippen LogP contribution in [0.3, 0.4) is 0 Å². The number of anilines is 2. The Labute approximate surface area is 218 Å². The maximum Gasteiger partial charge on any atom is 0.255 e. The van der Waals surface area contributed by atoms with Gasteiger partial charge in [-0.2, -0.15) is 4.98 Å². The van der Waals surface area contributed by atoms with E-state index in [0.29, 0.717) is 28.1 Å². The molecule has 0 radical (unpaired) electrons. The minimum Gasteiger partial charge on any atom is -0.497 e. The highest BCUT2D eigenvalue weighted by Gasteiger charge is 2.34. The number of nitrogens with zero attached hydrogens (tertiary/aromatic N) is 3. The number of allylic oxidation sites excluding steroid dienone is 1. The fourth-order valence-corrected chi connectivity index (χ4v) is 5.02. The zero-order chi connectivity index (χ0) is 25.9. The number of aryl methyl sites for hydroxylation is 1. The van der Waals surface area contributed by atoms with E-state index in [4.69, 9.17) is 9.84 Å². The van der Waals surface area contributed by atoms with Gasteiger partial charge < -0.3 is 15.4 Å². The molecule has 5 rings (SSSR count). The third-order valence-electron chi connectivity index (χ3n) is 6.16. The van der Waals surface area contributed by atoms with Crippen molar-refractivity contribution in [3.8, 4) is 5.75 Å². The summed E-state index contributed by atoms with van der Waals surface area (Å²) in [5.41, 5.74) is 4.63. The summed E-state index contributed by atoms with van der Waals surface area (Å²) in [6.45, 7) is 3.78. The van der Waals surface area contributed by atoms with Crippen LogP contribution in [0.2, 0.25) is 0 Å². The van der Waals surface area contributed by atoms with E-state index in [2.05, 4.69) is 15.6 Å². The van der Waals surface area contributed by atoms with Crippen LogP contribution < -0.4 is 15.4 Å². The second-order valence-electron chi connectivity index (χ2n) is 8.69. The van der Waals surface area contributed by atoms with Gasteiger partial charge in [0.25, 0.3) is 5.91 Å². The number of hydrogen-bond donors (Lipinski definition) is 2. The van der Waals surface area contributed by atoms with Crippen molar-refractivity contribution in [2.45, 2.75) is 30.8 Å². The molecular formula is C28H26FN5O2S. The Bertz CT molecular complexity index is 1480. The summed E-state index contributed by atoms with van der Waals surface area (Å²) in [5, 5.41) is 11.6. The SMILES string of the molecule is COc1cccc(CSc2nc3n(n2)C(c2ccc(F)cc2)C(C(=O)Nc2ccccc2C)=C(C)N3)c1. The first kappa shape index (κ1) is 24.6. The van der Waals surface area contributed by atoms with Crippen molar-refractivity contribution in [2.24, 2.45) is 0 Å². The number of halogens is 1. The van der Waals surface area contributed by atoms with Crippen molar-refractivity contribution in [1.29, 1.82) is 0 Å². The number of rotatable bonds is 7. The lowest BCUT2D eigenvalue weighted by molar-refractivity contribution is -0.113. The maximum absolute atomic E-state index is 13.8. The molecule has 0 bridgehead atoms. The van der Waals surface area contributed by atoms with Crippen LogP contribution >= 0.6 is 11.8 Å². The average Bonchev–Trinajstić information content (AvgIpc) is 3.31. The summed E-state index contributed by atoms with van der Waals surface area (Å²) >= 11 is 1.48.